The average Bonchev–Trinajstić information content (AvgIpc) is 2.73. The van der Waals surface area contributed by atoms with Gasteiger partial charge in [0.1, 0.15) is 11.8 Å². The monoisotopic (exact) mass is 223 g/mol. The molecule has 0 amide bonds. The first-order chi connectivity index (χ1) is 7.29. The van der Waals surface area contributed by atoms with E-state index >= 15 is 0 Å². The van der Waals surface area contributed by atoms with Crippen molar-refractivity contribution in [3.05, 3.63) is 28.8 Å². The molecule has 4 nitrogen and oxygen atoms in total. The lowest BCUT2D eigenvalue weighted by molar-refractivity contribution is 0.232. The third kappa shape index (κ3) is 1.25. The van der Waals surface area contributed by atoms with E-state index in [0.717, 1.165) is 18.4 Å². The molecule has 1 N–H and O–H groups in total. The van der Waals surface area contributed by atoms with Crippen molar-refractivity contribution >= 4 is 17.1 Å². The van der Waals surface area contributed by atoms with Crippen molar-refractivity contribution in [1.82, 2.24) is 14.6 Å². The number of hydrogen-bond donors (Lipinski definition) is 1. The van der Waals surface area contributed by atoms with Crippen LogP contribution in [-0.4, -0.2) is 26.3 Å². The van der Waals surface area contributed by atoms with Crippen LogP contribution in [0.3, 0.4) is 0 Å². The van der Waals surface area contributed by atoms with E-state index in [4.69, 9.17) is 16.7 Å². The molecule has 2 heterocycles. The zero-order chi connectivity index (χ0) is 10.4. The number of fused-ring (bicyclic) bond motifs is 3. The van der Waals surface area contributed by atoms with Crippen molar-refractivity contribution in [2.75, 3.05) is 6.61 Å². The molecule has 15 heavy (non-hydrogen) atoms. The van der Waals surface area contributed by atoms with Crippen molar-refractivity contribution in [2.24, 2.45) is 5.92 Å². The van der Waals surface area contributed by atoms with Gasteiger partial charge in [-0.15, -0.1) is 0 Å². The minimum absolute atomic E-state index is 0.228. The Balaban J connectivity index is 2.21. The van der Waals surface area contributed by atoms with Gasteiger partial charge < -0.3 is 5.11 Å². The van der Waals surface area contributed by atoms with E-state index in [1.807, 2.05) is 6.20 Å². The molecule has 2 aromatic rings. The van der Waals surface area contributed by atoms with E-state index in [0.29, 0.717) is 11.1 Å². The summed E-state index contributed by atoms with van der Waals surface area (Å²) in [6.07, 6.45) is 5.21. The highest BCUT2D eigenvalue weighted by Crippen LogP contribution is 2.33. The lowest BCUT2D eigenvalue weighted by Gasteiger charge is -2.04. The third-order valence-corrected chi connectivity index (χ3v) is 3.26. The quantitative estimate of drug-likeness (QED) is 0.788. The molecule has 0 radical (unpaired) electrons. The van der Waals surface area contributed by atoms with Crippen LogP contribution in [0.2, 0.25) is 5.15 Å². The second-order valence-corrected chi connectivity index (χ2v) is 4.29. The summed E-state index contributed by atoms with van der Waals surface area (Å²) in [5.74, 6) is 0.330. The summed E-state index contributed by atoms with van der Waals surface area (Å²) in [5.41, 5.74) is 3.32. The van der Waals surface area contributed by atoms with Crippen molar-refractivity contribution in [1.29, 1.82) is 0 Å². The Hall–Kier alpha value is -1.13. The molecule has 1 atom stereocenters. The lowest BCUT2D eigenvalue weighted by Crippen LogP contribution is -2.06. The highest BCUT2D eigenvalue weighted by Gasteiger charge is 2.26. The zero-order valence-electron chi connectivity index (χ0n) is 8.02. The van der Waals surface area contributed by atoms with Crippen LogP contribution in [0.25, 0.3) is 5.52 Å². The molecule has 0 fully saturated rings. The van der Waals surface area contributed by atoms with Gasteiger partial charge in [0.2, 0.25) is 0 Å². The van der Waals surface area contributed by atoms with Gasteiger partial charge in [-0.2, -0.15) is 5.10 Å². The maximum absolute atomic E-state index is 9.13. The number of aromatic nitrogens is 3. The van der Waals surface area contributed by atoms with Crippen LogP contribution in [0.5, 0.6) is 0 Å². The van der Waals surface area contributed by atoms with Gasteiger partial charge in [0.05, 0.1) is 0 Å². The summed E-state index contributed by atoms with van der Waals surface area (Å²) in [5, 5.41) is 13.7. The van der Waals surface area contributed by atoms with Crippen molar-refractivity contribution in [3.8, 4) is 0 Å². The van der Waals surface area contributed by atoms with Gasteiger partial charge in [0.15, 0.2) is 5.15 Å². The van der Waals surface area contributed by atoms with Gasteiger partial charge in [0.25, 0.3) is 0 Å². The Morgan fingerprint density at radius 3 is 3.20 bits per heavy atom. The first-order valence-electron chi connectivity index (χ1n) is 4.90. The van der Waals surface area contributed by atoms with Gasteiger partial charge in [-0.25, -0.2) is 9.50 Å². The molecule has 0 saturated heterocycles. The Kier molecular flexibility index (Phi) is 1.94. The van der Waals surface area contributed by atoms with Gasteiger partial charge in [-0.1, -0.05) is 11.6 Å². The van der Waals surface area contributed by atoms with Crippen LogP contribution < -0.4 is 0 Å². The predicted octanol–water partition coefficient (Wildman–Crippen LogP) is 1.09. The molecule has 0 aromatic carbocycles. The minimum atomic E-state index is 0.228. The largest absolute Gasteiger partial charge is 0.396 e. The molecular weight excluding hydrogens is 214 g/mol. The first kappa shape index (κ1) is 9.12. The second-order valence-electron chi connectivity index (χ2n) is 3.93. The minimum Gasteiger partial charge on any atom is -0.396 e. The summed E-state index contributed by atoms with van der Waals surface area (Å²) < 4.78 is 1.77. The Bertz CT molecular complexity index is 523. The van der Waals surface area contributed by atoms with Crippen molar-refractivity contribution < 1.29 is 5.11 Å². The average molecular weight is 224 g/mol. The molecule has 0 saturated carbocycles. The number of nitrogens with zero attached hydrogens (tertiary/aromatic N) is 3. The maximum atomic E-state index is 9.13. The molecule has 78 valence electrons. The molecule has 3 rings (SSSR count). The molecule has 0 aliphatic heterocycles. The van der Waals surface area contributed by atoms with Gasteiger partial charge in [0, 0.05) is 12.8 Å². The topological polar surface area (TPSA) is 50.4 Å². The van der Waals surface area contributed by atoms with Crippen LogP contribution >= 0.6 is 11.6 Å². The molecule has 1 unspecified atom stereocenters. The van der Waals surface area contributed by atoms with Gasteiger partial charge >= 0.3 is 0 Å². The fourth-order valence-electron chi connectivity index (χ4n) is 2.29. The maximum Gasteiger partial charge on any atom is 0.156 e. The predicted molar refractivity (Wildman–Crippen MR) is 56.0 cm³/mol. The molecule has 0 bridgehead atoms. The second kappa shape index (κ2) is 3.18. The molecule has 1 aliphatic carbocycles. The normalized spacial score (nSPS) is 19.7. The van der Waals surface area contributed by atoms with Crippen LogP contribution in [0, 0.1) is 5.92 Å². The van der Waals surface area contributed by atoms with Crippen LogP contribution in [-0.2, 0) is 12.8 Å². The number of hydrogen-bond acceptors (Lipinski definition) is 3. The summed E-state index contributed by atoms with van der Waals surface area (Å²) in [6, 6.07) is 0. The number of aliphatic hydroxyl groups is 1. The number of halogens is 1. The lowest BCUT2D eigenvalue weighted by atomic mass is 10.1. The van der Waals surface area contributed by atoms with E-state index in [9.17, 15) is 0 Å². The highest BCUT2D eigenvalue weighted by atomic mass is 35.5. The fourth-order valence-corrected chi connectivity index (χ4v) is 2.53. The van der Waals surface area contributed by atoms with Crippen LogP contribution in [0.4, 0.5) is 0 Å². The van der Waals surface area contributed by atoms with Crippen molar-refractivity contribution in [2.45, 2.75) is 12.8 Å². The van der Waals surface area contributed by atoms with E-state index in [2.05, 4.69) is 10.1 Å². The van der Waals surface area contributed by atoms with E-state index in [1.54, 1.807) is 4.52 Å². The molecule has 5 heteroatoms. The fraction of sp³-hybridized carbons (Fsp3) is 0.400. The third-order valence-electron chi connectivity index (χ3n) is 2.98. The molecule has 0 spiro atoms. The van der Waals surface area contributed by atoms with Gasteiger partial charge in [-0.05, 0) is 29.9 Å². The highest BCUT2D eigenvalue weighted by molar-refractivity contribution is 6.32. The van der Waals surface area contributed by atoms with E-state index in [-0.39, 0.29) is 6.61 Å². The summed E-state index contributed by atoms with van der Waals surface area (Å²) in [4.78, 5) is 3.98. The van der Waals surface area contributed by atoms with E-state index < -0.39 is 0 Å². The van der Waals surface area contributed by atoms with Crippen molar-refractivity contribution in [3.63, 3.8) is 0 Å². The molecule has 1 aliphatic rings. The summed E-state index contributed by atoms with van der Waals surface area (Å²) in [7, 11) is 0. The Morgan fingerprint density at radius 1 is 1.53 bits per heavy atom. The SMILES string of the molecule is OCC1Cc2cn3ncnc(Cl)c3c2C1. The number of aliphatic hydroxyl groups excluding tert-OH is 1. The Labute approximate surface area is 91.5 Å². The Morgan fingerprint density at radius 2 is 2.40 bits per heavy atom. The summed E-state index contributed by atoms with van der Waals surface area (Å²) >= 11 is 6.04. The zero-order valence-corrected chi connectivity index (χ0v) is 8.78. The standard InChI is InChI=1S/C10H10ClN3O/c11-10-9-8-2-6(4-15)1-7(8)3-14(9)13-5-12-10/h3,5-6,15H,1-2,4H2. The smallest absolute Gasteiger partial charge is 0.156 e. The summed E-state index contributed by atoms with van der Waals surface area (Å²) in [6.45, 7) is 0.228. The molecular formula is C10H10ClN3O. The number of rotatable bonds is 1. The van der Waals surface area contributed by atoms with Crippen LogP contribution in [0.1, 0.15) is 11.1 Å². The molecule has 2 aromatic heterocycles. The first-order valence-corrected chi connectivity index (χ1v) is 5.28. The van der Waals surface area contributed by atoms with E-state index in [1.165, 1.54) is 17.5 Å². The van der Waals surface area contributed by atoms with Gasteiger partial charge in [-0.3, -0.25) is 0 Å². The van der Waals surface area contributed by atoms with Crippen LogP contribution in [0.15, 0.2) is 12.5 Å².